The third-order valence-electron chi connectivity index (χ3n) is 3.04. The Morgan fingerprint density at radius 2 is 1.96 bits per heavy atom. The molecule has 3 N–H and O–H groups in total. The van der Waals surface area contributed by atoms with Gasteiger partial charge in [0.2, 0.25) is 0 Å². The minimum atomic E-state index is -0.625. The molecular weight excluding hydrogens is 386 g/mol. The number of ether oxygens (including phenoxy) is 1. The number of hydrogen-bond donors (Lipinski definition) is 2. The summed E-state index contributed by atoms with van der Waals surface area (Å²) in [6.07, 6.45) is 1.39. The molecule has 2 aromatic rings. The number of primary amides is 1. The molecule has 25 heavy (non-hydrogen) atoms. The van der Waals surface area contributed by atoms with Crippen molar-refractivity contribution in [1.29, 1.82) is 5.26 Å². The molecular formula is C18H14BrN3O3. The molecule has 0 spiro atoms. The van der Waals surface area contributed by atoms with E-state index in [4.69, 9.17) is 10.5 Å². The molecule has 0 aliphatic carbocycles. The van der Waals surface area contributed by atoms with Crippen molar-refractivity contribution < 1.29 is 14.3 Å². The number of anilines is 1. The molecule has 0 saturated heterocycles. The highest BCUT2D eigenvalue weighted by Crippen LogP contribution is 2.26. The molecule has 0 fully saturated rings. The molecule has 0 bridgehead atoms. The molecule has 0 aromatic heterocycles. The fourth-order valence-corrected chi connectivity index (χ4v) is 2.32. The van der Waals surface area contributed by atoms with Gasteiger partial charge in [0.15, 0.2) is 6.61 Å². The van der Waals surface area contributed by atoms with Crippen molar-refractivity contribution >= 4 is 39.5 Å². The van der Waals surface area contributed by atoms with E-state index in [1.165, 1.54) is 6.08 Å². The zero-order chi connectivity index (χ0) is 18.2. The van der Waals surface area contributed by atoms with Crippen LogP contribution in [-0.2, 0) is 9.59 Å². The van der Waals surface area contributed by atoms with Crippen molar-refractivity contribution in [2.45, 2.75) is 0 Å². The Morgan fingerprint density at radius 3 is 2.60 bits per heavy atom. The second-order valence-corrected chi connectivity index (χ2v) is 5.84. The van der Waals surface area contributed by atoms with Gasteiger partial charge in [-0.15, -0.1) is 0 Å². The number of carbonyl (C=O) groups excluding carboxylic acids is 2. The van der Waals surface area contributed by atoms with E-state index in [-0.39, 0.29) is 12.2 Å². The maximum atomic E-state index is 12.3. The van der Waals surface area contributed by atoms with Gasteiger partial charge in [0.25, 0.3) is 11.8 Å². The lowest BCUT2D eigenvalue weighted by atomic mass is 10.1. The van der Waals surface area contributed by atoms with Crippen LogP contribution in [0.15, 0.2) is 58.6 Å². The van der Waals surface area contributed by atoms with Crippen LogP contribution in [0.25, 0.3) is 6.08 Å². The SMILES string of the molecule is N#C/C(=C\c1cc(Br)ccc1OCC(N)=O)C(=O)Nc1ccccc1. The summed E-state index contributed by atoms with van der Waals surface area (Å²) in [5, 5.41) is 11.9. The molecule has 126 valence electrons. The summed E-state index contributed by atoms with van der Waals surface area (Å²) >= 11 is 3.32. The van der Waals surface area contributed by atoms with Crippen molar-refractivity contribution in [3.8, 4) is 11.8 Å². The number of amides is 2. The fourth-order valence-electron chi connectivity index (χ4n) is 1.94. The molecule has 0 aliphatic rings. The van der Waals surface area contributed by atoms with Gasteiger partial charge < -0.3 is 15.8 Å². The van der Waals surface area contributed by atoms with Crippen LogP contribution in [0.2, 0.25) is 0 Å². The number of benzene rings is 2. The monoisotopic (exact) mass is 399 g/mol. The number of hydrogen-bond acceptors (Lipinski definition) is 4. The number of nitrogens with zero attached hydrogens (tertiary/aromatic N) is 1. The molecule has 6 nitrogen and oxygen atoms in total. The van der Waals surface area contributed by atoms with Gasteiger partial charge in [-0.2, -0.15) is 5.26 Å². The van der Waals surface area contributed by atoms with Crippen molar-refractivity contribution in [1.82, 2.24) is 0 Å². The Hall–Kier alpha value is -3.11. The zero-order valence-electron chi connectivity index (χ0n) is 13.0. The Kier molecular flexibility index (Phi) is 6.32. The predicted octanol–water partition coefficient (Wildman–Crippen LogP) is 2.86. The largest absolute Gasteiger partial charge is 0.483 e. The number of carbonyl (C=O) groups is 2. The molecule has 2 aromatic carbocycles. The zero-order valence-corrected chi connectivity index (χ0v) is 14.6. The Morgan fingerprint density at radius 1 is 1.24 bits per heavy atom. The molecule has 2 amide bonds. The molecule has 0 atom stereocenters. The third-order valence-corrected chi connectivity index (χ3v) is 3.53. The summed E-state index contributed by atoms with van der Waals surface area (Å²) in [6, 6.07) is 15.7. The first-order valence-corrected chi connectivity index (χ1v) is 7.97. The second-order valence-electron chi connectivity index (χ2n) is 4.93. The highest BCUT2D eigenvalue weighted by Gasteiger charge is 2.12. The van der Waals surface area contributed by atoms with E-state index in [2.05, 4.69) is 21.2 Å². The first kappa shape index (κ1) is 18.2. The van der Waals surface area contributed by atoms with E-state index >= 15 is 0 Å². The Bertz CT molecular complexity index is 858. The lowest BCUT2D eigenvalue weighted by Crippen LogP contribution is -2.20. The van der Waals surface area contributed by atoms with Gasteiger partial charge in [-0.05, 0) is 36.4 Å². The van der Waals surface area contributed by atoms with E-state index in [1.54, 1.807) is 42.5 Å². The molecule has 0 heterocycles. The minimum absolute atomic E-state index is 0.106. The van der Waals surface area contributed by atoms with Gasteiger partial charge in [0.1, 0.15) is 17.4 Å². The summed E-state index contributed by atoms with van der Waals surface area (Å²) in [5.74, 6) is -0.836. The first-order valence-electron chi connectivity index (χ1n) is 7.18. The molecule has 0 radical (unpaired) electrons. The third kappa shape index (κ3) is 5.48. The minimum Gasteiger partial charge on any atom is -0.483 e. The van der Waals surface area contributed by atoms with Crippen LogP contribution in [0.5, 0.6) is 5.75 Å². The van der Waals surface area contributed by atoms with Crippen molar-refractivity contribution in [2.24, 2.45) is 5.73 Å². The smallest absolute Gasteiger partial charge is 0.266 e. The summed E-state index contributed by atoms with van der Waals surface area (Å²) in [6.45, 7) is -0.305. The number of nitrogens with two attached hydrogens (primary N) is 1. The number of halogens is 1. The molecule has 0 aliphatic heterocycles. The quantitative estimate of drug-likeness (QED) is 0.575. The molecule has 7 heteroatoms. The van der Waals surface area contributed by atoms with Gasteiger partial charge in [0.05, 0.1) is 0 Å². The normalized spacial score (nSPS) is 10.6. The van der Waals surface area contributed by atoms with Crippen LogP contribution in [0.4, 0.5) is 5.69 Å². The highest BCUT2D eigenvalue weighted by molar-refractivity contribution is 9.10. The molecule has 0 saturated carbocycles. The summed E-state index contributed by atoms with van der Waals surface area (Å²) < 4.78 is 6.04. The maximum Gasteiger partial charge on any atom is 0.266 e. The topological polar surface area (TPSA) is 105 Å². The van der Waals surface area contributed by atoms with Gasteiger partial charge in [0, 0.05) is 15.7 Å². The fraction of sp³-hybridized carbons (Fsp3) is 0.0556. The lowest BCUT2D eigenvalue weighted by molar-refractivity contribution is -0.120. The van der Waals surface area contributed by atoms with Gasteiger partial charge >= 0.3 is 0 Å². The maximum absolute atomic E-state index is 12.3. The van der Waals surface area contributed by atoms with Crippen LogP contribution in [0.3, 0.4) is 0 Å². The van der Waals surface area contributed by atoms with Crippen LogP contribution in [0.1, 0.15) is 5.56 Å². The predicted molar refractivity (Wildman–Crippen MR) is 97.5 cm³/mol. The summed E-state index contributed by atoms with van der Waals surface area (Å²) in [7, 11) is 0. The first-order chi connectivity index (χ1) is 12.0. The van der Waals surface area contributed by atoms with Crippen LogP contribution >= 0.6 is 15.9 Å². The van der Waals surface area contributed by atoms with Crippen molar-refractivity contribution in [3.63, 3.8) is 0 Å². The average Bonchev–Trinajstić information content (AvgIpc) is 2.59. The van der Waals surface area contributed by atoms with Crippen molar-refractivity contribution in [2.75, 3.05) is 11.9 Å². The van der Waals surface area contributed by atoms with Crippen molar-refractivity contribution in [3.05, 3.63) is 64.1 Å². The number of nitrogens with one attached hydrogen (secondary N) is 1. The highest BCUT2D eigenvalue weighted by atomic mass is 79.9. The Labute approximate surface area is 153 Å². The summed E-state index contributed by atoms with van der Waals surface area (Å²) in [4.78, 5) is 23.2. The molecule has 2 rings (SSSR count). The van der Waals surface area contributed by atoms with Gasteiger partial charge in [-0.3, -0.25) is 9.59 Å². The van der Waals surface area contributed by atoms with Gasteiger partial charge in [-0.25, -0.2) is 0 Å². The van der Waals surface area contributed by atoms with E-state index in [1.807, 2.05) is 12.1 Å². The number of rotatable bonds is 6. The van der Waals surface area contributed by atoms with E-state index < -0.39 is 11.8 Å². The van der Waals surface area contributed by atoms with Gasteiger partial charge in [-0.1, -0.05) is 34.1 Å². The van der Waals surface area contributed by atoms with E-state index in [0.717, 1.165) is 4.47 Å². The number of nitriles is 1. The van der Waals surface area contributed by atoms with Crippen LogP contribution < -0.4 is 15.8 Å². The van der Waals surface area contributed by atoms with Crippen LogP contribution in [0, 0.1) is 11.3 Å². The molecule has 0 unspecified atom stereocenters. The average molecular weight is 400 g/mol. The standard InChI is InChI=1S/C18H14BrN3O3/c19-14-6-7-16(25-11-17(21)23)12(9-14)8-13(10-20)18(24)22-15-4-2-1-3-5-15/h1-9H,11H2,(H2,21,23)(H,22,24)/b13-8+. The van der Waals surface area contributed by atoms with E-state index in [9.17, 15) is 14.9 Å². The van der Waals surface area contributed by atoms with Crippen LogP contribution in [-0.4, -0.2) is 18.4 Å². The Balaban J connectivity index is 2.29. The lowest BCUT2D eigenvalue weighted by Gasteiger charge is -2.09. The number of para-hydroxylation sites is 1. The second kappa shape index (κ2) is 8.66. The summed E-state index contributed by atoms with van der Waals surface area (Å²) in [5.41, 5.74) is 6.02. The van der Waals surface area contributed by atoms with E-state index in [0.29, 0.717) is 17.0 Å².